The van der Waals surface area contributed by atoms with Crippen molar-refractivity contribution in [1.82, 2.24) is 4.98 Å². The van der Waals surface area contributed by atoms with Gasteiger partial charge in [0.15, 0.2) is 0 Å². The first-order valence-corrected chi connectivity index (χ1v) is 7.43. The van der Waals surface area contributed by atoms with Crippen LogP contribution in [-0.4, -0.2) is 16.1 Å². The molecular formula is C15H14ClNO2S. The number of hydrogen-bond donors (Lipinski definition) is 1. The molecule has 1 heterocycles. The van der Waals surface area contributed by atoms with E-state index in [-0.39, 0.29) is 5.56 Å². The molecule has 1 aromatic carbocycles. The highest BCUT2D eigenvalue weighted by Crippen LogP contribution is 2.30. The Morgan fingerprint density at radius 1 is 1.35 bits per heavy atom. The van der Waals surface area contributed by atoms with Crippen LogP contribution in [0.15, 0.2) is 35.2 Å². The molecule has 1 N–H and O–H groups in total. The van der Waals surface area contributed by atoms with Gasteiger partial charge >= 0.3 is 5.97 Å². The monoisotopic (exact) mass is 307 g/mol. The van der Waals surface area contributed by atoms with Crippen LogP contribution in [0.3, 0.4) is 0 Å². The van der Waals surface area contributed by atoms with Crippen molar-refractivity contribution in [2.45, 2.75) is 24.5 Å². The van der Waals surface area contributed by atoms with E-state index in [1.54, 1.807) is 13.0 Å². The molecule has 0 aliphatic carbocycles. The molecule has 0 atom stereocenters. The van der Waals surface area contributed by atoms with E-state index in [1.807, 2.05) is 31.2 Å². The standard InChI is InChI=1S/C15H14ClNO2S/c1-9-7-13(14(15(18)19)10(2)17-9)20-8-11-5-3-4-6-12(11)16/h3-7H,8H2,1-2H3,(H,18,19). The van der Waals surface area contributed by atoms with Gasteiger partial charge in [-0.15, -0.1) is 11.8 Å². The van der Waals surface area contributed by atoms with Gasteiger partial charge in [-0.3, -0.25) is 4.98 Å². The predicted molar refractivity (Wildman–Crippen MR) is 81.7 cm³/mol. The molecule has 0 amide bonds. The molecule has 0 radical (unpaired) electrons. The number of hydrogen-bond acceptors (Lipinski definition) is 3. The Morgan fingerprint density at radius 2 is 2.05 bits per heavy atom. The molecule has 0 spiro atoms. The lowest BCUT2D eigenvalue weighted by Crippen LogP contribution is -2.05. The van der Waals surface area contributed by atoms with Gasteiger partial charge < -0.3 is 5.11 Å². The van der Waals surface area contributed by atoms with Gasteiger partial charge in [-0.25, -0.2) is 4.79 Å². The number of halogens is 1. The van der Waals surface area contributed by atoms with E-state index in [9.17, 15) is 9.90 Å². The summed E-state index contributed by atoms with van der Waals surface area (Å²) in [6.07, 6.45) is 0. The SMILES string of the molecule is Cc1cc(SCc2ccccc2Cl)c(C(=O)O)c(C)n1. The average molecular weight is 308 g/mol. The van der Waals surface area contributed by atoms with Gasteiger partial charge in [0.2, 0.25) is 0 Å². The van der Waals surface area contributed by atoms with E-state index < -0.39 is 5.97 Å². The Morgan fingerprint density at radius 3 is 2.70 bits per heavy atom. The van der Waals surface area contributed by atoms with Gasteiger partial charge in [0.05, 0.1) is 11.3 Å². The van der Waals surface area contributed by atoms with E-state index in [2.05, 4.69) is 4.98 Å². The number of pyridine rings is 1. The molecule has 0 bridgehead atoms. The summed E-state index contributed by atoms with van der Waals surface area (Å²) >= 11 is 7.58. The van der Waals surface area contributed by atoms with Gasteiger partial charge in [0.25, 0.3) is 0 Å². The van der Waals surface area contributed by atoms with Crippen LogP contribution in [0.25, 0.3) is 0 Å². The van der Waals surface area contributed by atoms with Crippen LogP contribution in [0.4, 0.5) is 0 Å². The largest absolute Gasteiger partial charge is 0.478 e. The highest BCUT2D eigenvalue weighted by atomic mass is 35.5. The van der Waals surface area contributed by atoms with Gasteiger partial charge in [-0.2, -0.15) is 0 Å². The van der Waals surface area contributed by atoms with Crippen LogP contribution in [0.1, 0.15) is 27.3 Å². The lowest BCUT2D eigenvalue weighted by Gasteiger charge is -2.10. The molecule has 0 saturated carbocycles. The maximum absolute atomic E-state index is 11.4. The molecule has 2 aromatic rings. The molecule has 0 aliphatic heterocycles. The second-order valence-corrected chi connectivity index (χ2v) is 5.83. The molecule has 20 heavy (non-hydrogen) atoms. The van der Waals surface area contributed by atoms with Crippen molar-refractivity contribution in [3.63, 3.8) is 0 Å². The number of carbonyl (C=O) groups is 1. The van der Waals surface area contributed by atoms with Crippen LogP contribution in [0, 0.1) is 13.8 Å². The summed E-state index contributed by atoms with van der Waals surface area (Å²) in [5.74, 6) is -0.320. The number of benzene rings is 1. The summed E-state index contributed by atoms with van der Waals surface area (Å²) < 4.78 is 0. The van der Waals surface area contributed by atoms with Gasteiger partial charge in [0, 0.05) is 21.4 Å². The number of rotatable bonds is 4. The lowest BCUT2D eigenvalue weighted by atomic mass is 10.2. The Kier molecular flexibility index (Phi) is 4.68. The molecule has 0 unspecified atom stereocenters. The molecule has 0 fully saturated rings. The van der Waals surface area contributed by atoms with Crippen molar-refractivity contribution in [2.75, 3.05) is 0 Å². The summed E-state index contributed by atoms with van der Waals surface area (Å²) in [6, 6.07) is 9.37. The zero-order chi connectivity index (χ0) is 14.7. The van der Waals surface area contributed by atoms with Gasteiger partial charge in [-0.05, 0) is 31.5 Å². The van der Waals surface area contributed by atoms with Crippen LogP contribution < -0.4 is 0 Å². The third-order valence-corrected chi connectivity index (χ3v) is 4.30. The first-order chi connectivity index (χ1) is 9.49. The maximum Gasteiger partial charge on any atom is 0.338 e. The maximum atomic E-state index is 11.4. The Hall–Kier alpha value is -1.52. The van der Waals surface area contributed by atoms with E-state index in [0.29, 0.717) is 16.5 Å². The van der Waals surface area contributed by atoms with Crippen molar-refractivity contribution < 1.29 is 9.90 Å². The smallest absolute Gasteiger partial charge is 0.338 e. The number of thioether (sulfide) groups is 1. The molecule has 5 heteroatoms. The Labute approximate surface area is 127 Å². The molecule has 0 saturated heterocycles. The van der Waals surface area contributed by atoms with E-state index in [0.717, 1.165) is 16.2 Å². The Bertz CT molecular complexity index is 658. The molecule has 0 aliphatic rings. The highest BCUT2D eigenvalue weighted by molar-refractivity contribution is 7.98. The molecule has 104 valence electrons. The minimum absolute atomic E-state index is 0.271. The number of carboxylic acids is 1. The minimum Gasteiger partial charge on any atom is -0.478 e. The third-order valence-electron chi connectivity index (χ3n) is 2.85. The fraction of sp³-hybridized carbons (Fsp3) is 0.200. The van der Waals surface area contributed by atoms with Crippen molar-refractivity contribution in [3.05, 3.63) is 57.9 Å². The predicted octanol–water partition coefficient (Wildman–Crippen LogP) is 4.34. The number of aromatic nitrogens is 1. The number of aromatic carboxylic acids is 1. The van der Waals surface area contributed by atoms with Crippen molar-refractivity contribution in [1.29, 1.82) is 0 Å². The summed E-state index contributed by atoms with van der Waals surface area (Å²) in [5.41, 5.74) is 2.61. The van der Waals surface area contributed by atoms with E-state index in [1.165, 1.54) is 11.8 Å². The fourth-order valence-electron chi connectivity index (χ4n) is 1.94. The van der Waals surface area contributed by atoms with Crippen molar-refractivity contribution in [3.8, 4) is 0 Å². The number of carboxylic acid groups (broad SMARTS) is 1. The van der Waals surface area contributed by atoms with Gasteiger partial charge in [-0.1, -0.05) is 29.8 Å². The molecule has 2 rings (SSSR count). The lowest BCUT2D eigenvalue weighted by molar-refractivity contribution is 0.0691. The van der Waals surface area contributed by atoms with Gasteiger partial charge in [0.1, 0.15) is 0 Å². The normalized spacial score (nSPS) is 10.6. The van der Waals surface area contributed by atoms with Crippen molar-refractivity contribution in [2.24, 2.45) is 0 Å². The quantitative estimate of drug-likeness (QED) is 0.854. The van der Waals surface area contributed by atoms with E-state index in [4.69, 9.17) is 11.6 Å². The van der Waals surface area contributed by atoms with Crippen LogP contribution in [0.2, 0.25) is 5.02 Å². The third kappa shape index (κ3) is 3.32. The molecule has 1 aromatic heterocycles. The highest BCUT2D eigenvalue weighted by Gasteiger charge is 2.16. The second-order valence-electron chi connectivity index (χ2n) is 4.41. The van der Waals surface area contributed by atoms with Crippen LogP contribution in [-0.2, 0) is 5.75 Å². The van der Waals surface area contributed by atoms with Crippen molar-refractivity contribution >= 4 is 29.3 Å². The minimum atomic E-state index is -0.948. The van der Waals surface area contributed by atoms with E-state index >= 15 is 0 Å². The van der Waals surface area contributed by atoms with Crippen LogP contribution >= 0.6 is 23.4 Å². The molecule has 3 nitrogen and oxygen atoms in total. The Balaban J connectivity index is 2.30. The van der Waals surface area contributed by atoms with Crippen LogP contribution in [0.5, 0.6) is 0 Å². The first-order valence-electron chi connectivity index (χ1n) is 6.06. The summed E-state index contributed by atoms with van der Waals surface area (Å²) in [6.45, 7) is 3.58. The summed E-state index contributed by atoms with van der Waals surface area (Å²) in [5, 5.41) is 10.0. The number of aryl methyl sites for hydroxylation is 2. The first kappa shape index (κ1) is 14.9. The zero-order valence-electron chi connectivity index (χ0n) is 11.2. The summed E-state index contributed by atoms with van der Waals surface area (Å²) in [7, 11) is 0. The second kappa shape index (κ2) is 6.29. The molecular weight excluding hydrogens is 294 g/mol. The average Bonchev–Trinajstić information content (AvgIpc) is 2.36. The topological polar surface area (TPSA) is 50.2 Å². The summed E-state index contributed by atoms with van der Waals surface area (Å²) in [4.78, 5) is 16.3. The number of nitrogens with zero attached hydrogens (tertiary/aromatic N) is 1. The fourth-order valence-corrected chi connectivity index (χ4v) is 3.42. The zero-order valence-corrected chi connectivity index (χ0v) is 12.8.